The molecule has 1 aromatic rings. The molecule has 3 N–H and O–H groups in total. The first-order valence-corrected chi connectivity index (χ1v) is 5.69. The highest BCUT2D eigenvalue weighted by Crippen LogP contribution is 2.12. The first kappa shape index (κ1) is 13.5. The summed E-state index contributed by atoms with van der Waals surface area (Å²) in [4.78, 5) is 47.3. The fraction of sp³-hybridized carbons (Fsp3) is 0.167. The van der Waals surface area contributed by atoms with Crippen molar-refractivity contribution in [1.82, 2.24) is 9.80 Å². The molecule has 1 saturated heterocycles. The Hall–Kier alpha value is -2.90. The zero-order valence-electron chi connectivity index (χ0n) is 10.6. The molecule has 0 radical (unpaired) electrons. The molecule has 1 aliphatic rings. The number of nitrogens with one attached hydrogen (secondary N) is 1. The number of benzene rings is 1. The van der Waals surface area contributed by atoms with Crippen LogP contribution in [-0.2, 0) is 14.4 Å². The molecule has 1 fully saturated rings. The number of rotatable bonds is 3. The lowest BCUT2D eigenvalue weighted by atomic mass is 10.3. The van der Waals surface area contributed by atoms with Gasteiger partial charge in [-0.15, -0.1) is 0 Å². The number of urea groups is 1. The SMILES string of the molecule is CN1C(=O)C(=O)N(CC(=O)Nc2ccc(N)cc2)C1=O. The number of amides is 5. The van der Waals surface area contributed by atoms with Gasteiger partial charge in [0.05, 0.1) is 0 Å². The molecule has 104 valence electrons. The fourth-order valence-corrected chi connectivity index (χ4v) is 1.66. The number of anilines is 2. The average molecular weight is 276 g/mol. The van der Waals surface area contributed by atoms with Gasteiger partial charge in [-0.3, -0.25) is 19.3 Å². The standard InChI is InChI=1S/C12H12N4O4/c1-15-10(18)11(19)16(12(15)20)6-9(17)14-8-4-2-7(13)3-5-8/h2-5H,6,13H2,1H3,(H,14,17). The van der Waals surface area contributed by atoms with E-state index in [4.69, 9.17) is 5.73 Å². The molecular formula is C12H12N4O4. The van der Waals surface area contributed by atoms with Gasteiger partial charge in [-0.1, -0.05) is 0 Å². The van der Waals surface area contributed by atoms with Crippen LogP contribution in [0.4, 0.5) is 16.2 Å². The predicted octanol–water partition coefficient (Wildman–Crippen LogP) is -0.372. The third-order valence-electron chi connectivity index (χ3n) is 2.75. The molecule has 1 heterocycles. The van der Waals surface area contributed by atoms with Crippen LogP contribution < -0.4 is 11.1 Å². The summed E-state index contributed by atoms with van der Waals surface area (Å²) >= 11 is 0. The van der Waals surface area contributed by atoms with Crippen molar-refractivity contribution in [1.29, 1.82) is 0 Å². The minimum atomic E-state index is -1.01. The second kappa shape index (κ2) is 5.00. The second-order valence-electron chi connectivity index (χ2n) is 4.21. The molecule has 0 atom stereocenters. The Kier molecular flexibility index (Phi) is 3.38. The topological polar surface area (TPSA) is 113 Å². The van der Waals surface area contributed by atoms with Crippen molar-refractivity contribution in [3.8, 4) is 0 Å². The summed E-state index contributed by atoms with van der Waals surface area (Å²) in [6.45, 7) is -0.516. The molecule has 1 aromatic carbocycles. The van der Waals surface area contributed by atoms with Crippen LogP contribution in [0.1, 0.15) is 0 Å². The lowest BCUT2D eigenvalue weighted by Crippen LogP contribution is -2.38. The van der Waals surface area contributed by atoms with Crippen LogP contribution >= 0.6 is 0 Å². The van der Waals surface area contributed by atoms with Crippen molar-refractivity contribution in [3.63, 3.8) is 0 Å². The Morgan fingerprint density at radius 3 is 2.25 bits per heavy atom. The number of carbonyl (C=O) groups excluding carboxylic acids is 4. The van der Waals surface area contributed by atoms with E-state index in [1.54, 1.807) is 24.3 Å². The Labute approximate surface area is 114 Å². The van der Waals surface area contributed by atoms with Crippen LogP contribution in [0.3, 0.4) is 0 Å². The molecule has 2 rings (SSSR count). The Morgan fingerprint density at radius 2 is 1.75 bits per heavy atom. The van der Waals surface area contributed by atoms with Gasteiger partial charge in [0.25, 0.3) is 0 Å². The summed E-state index contributed by atoms with van der Waals surface area (Å²) in [5.74, 6) is -2.54. The third-order valence-corrected chi connectivity index (χ3v) is 2.75. The van der Waals surface area contributed by atoms with Crippen molar-refractivity contribution >= 4 is 35.1 Å². The summed E-state index contributed by atoms with van der Waals surface area (Å²) in [6, 6.07) is 5.54. The maximum absolute atomic E-state index is 11.7. The van der Waals surface area contributed by atoms with Crippen molar-refractivity contribution < 1.29 is 19.2 Å². The summed E-state index contributed by atoms with van der Waals surface area (Å²) in [7, 11) is 1.18. The van der Waals surface area contributed by atoms with E-state index >= 15 is 0 Å². The van der Waals surface area contributed by atoms with Gasteiger partial charge < -0.3 is 11.1 Å². The zero-order chi connectivity index (χ0) is 14.9. The fourth-order valence-electron chi connectivity index (χ4n) is 1.66. The van der Waals surface area contributed by atoms with E-state index < -0.39 is 30.3 Å². The van der Waals surface area contributed by atoms with Crippen LogP contribution in [0.15, 0.2) is 24.3 Å². The zero-order valence-corrected chi connectivity index (χ0v) is 10.6. The number of likely N-dealkylation sites (N-methyl/N-ethyl adjacent to an activating group) is 1. The molecule has 0 unspecified atom stereocenters. The van der Waals surface area contributed by atoms with E-state index in [0.717, 1.165) is 0 Å². The van der Waals surface area contributed by atoms with Gasteiger partial charge in [0.15, 0.2) is 0 Å². The Bertz CT molecular complexity index is 596. The van der Waals surface area contributed by atoms with Gasteiger partial charge in [-0.25, -0.2) is 9.69 Å². The maximum Gasteiger partial charge on any atom is 0.334 e. The maximum atomic E-state index is 11.7. The van der Waals surface area contributed by atoms with Gasteiger partial charge in [0.1, 0.15) is 6.54 Å². The van der Waals surface area contributed by atoms with Crippen LogP contribution in [0.2, 0.25) is 0 Å². The number of hydrogen-bond donors (Lipinski definition) is 2. The second-order valence-corrected chi connectivity index (χ2v) is 4.21. The highest BCUT2D eigenvalue weighted by molar-refractivity contribution is 6.44. The number of hydrogen-bond acceptors (Lipinski definition) is 5. The van der Waals surface area contributed by atoms with E-state index in [1.807, 2.05) is 0 Å². The number of nitrogens with zero attached hydrogens (tertiary/aromatic N) is 2. The number of imide groups is 2. The normalized spacial score (nSPS) is 14.9. The predicted molar refractivity (Wildman–Crippen MR) is 69.4 cm³/mol. The Balaban J connectivity index is 2.02. The molecule has 0 saturated carbocycles. The molecule has 1 aliphatic heterocycles. The lowest BCUT2D eigenvalue weighted by molar-refractivity contribution is -0.143. The molecule has 8 nitrogen and oxygen atoms in total. The highest BCUT2D eigenvalue weighted by Gasteiger charge is 2.42. The van der Waals surface area contributed by atoms with Crippen LogP contribution in [0.25, 0.3) is 0 Å². The first-order chi connectivity index (χ1) is 9.40. The van der Waals surface area contributed by atoms with Gasteiger partial charge in [0.2, 0.25) is 5.91 Å². The summed E-state index contributed by atoms with van der Waals surface area (Å²) in [5.41, 5.74) is 6.52. The third kappa shape index (κ3) is 2.44. The van der Waals surface area contributed by atoms with Gasteiger partial charge in [0, 0.05) is 18.4 Å². The van der Waals surface area contributed by atoms with Gasteiger partial charge in [-0.05, 0) is 24.3 Å². The molecule has 8 heteroatoms. The van der Waals surface area contributed by atoms with Gasteiger partial charge in [-0.2, -0.15) is 0 Å². The van der Waals surface area contributed by atoms with E-state index in [2.05, 4.69) is 5.32 Å². The van der Waals surface area contributed by atoms with Crippen LogP contribution in [-0.4, -0.2) is 47.1 Å². The van der Waals surface area contributed by atoms with Crippen molar-refractivity contribution in [2.45, 2.75) is 0 Å². The average Bonchev–Trinajstić information content (AvgIpc) is 2.59. The van der Waals surface area contributed by atoms with E-state index in [-0.39, 0.29) is 0 Å². The molecule has 0 spiro atoms. The van der Waals surface area contributed by atoms with Crippen LogP contribution in [0.5, 0.6) is 0 Å². The minimum Gasteiger partial charge on any atom is -0.399 e. The quantitative estimate of drug-likeness (QED) is 0.444. The van der Waals surface area contributed by atoms with Gasteiger partial charge >= 0.3 is 17.8 Å². The van der Waals surface area contributed by atoms with Crippen molar-refractivity contribution in [2.75, 3.05) is 24.6 Å². The number of carbonyl (C=O) groups is 4. The monoisotopic (exact) mass is 276 g/mol. The molecule has 20 heavy (non-hydrogen) atoms. The summed E-state index contributed by atoms with van der Waals surface area (Å²) in [5, 5.41) is 2.50. The smallest absolute Gasteiger partial charge is 0.334 e. The van der Waals surface area contributed by atoms with E-state index in [9.17, 15) is 19.2 Å². The van der Waals surface area contributed by atoms with Crippen molar-refractivity contribution in [3.05, 3.63) is 24.3 Å². The summed E-state index contributed by atoms with van der Waals surface area (Å²) < 4.78 is 0. The Morgan fingerprint density at radius 1 is 1.15 bits per heavy atom. The number of nitrogens with two attached hydrogens (primary N) is 1. The van der Waals surface area contributed by atoms with Crippen LogP contribution in [0, 0.1) is 0 Å². The first-order valence-electron chi connectivity index (χ1n) is 5.69. The summed E-state index contributed by atoms with van der Waals surface area (Å²) in [6.07, 6.45) is 0. The van der Waals surface area contributed by atoms with E-state index in [1.165, 1.54) is 7.05 Å². The molecule has 0 aliphatic carbocycles. The van der Waals surface area contributed by atoms with E-state index in [0.29, 0.717) is 21.2 Å². The molecule has 0 aromatic heterocycles. The molecular weight excluding hydrogens is 264 g/mol. The van der Waals surface area contributed by atoms with Crippen molar-refractivity contribution in [2.24, 2.45) is 0 Å². The minimum absolute atomic E-state index is 0.475. The number of nitrogen functional groups attached to an aromatic ring is 1. The lowest BCUT2D eigenvalue weighted by Gasteiger charge is -2.12. The molecule has 5 amide bonds. The molecule has 0 bridgehead atoms. The highest BCUT2D eigenvalue weighted by atomic mass is 16.2. The largest absolute Gasteiger partial charge is 0.399 e.